The molecule has 0 aliphatic heterocycles. The number of benzene rings is 2. The van der Waals surface area contributed by atoms with Gasteiger partial charge in [0.1, 0.15) is 11.5 Å². The van der Waals surface area contributed by atoms with Crippen molar-refractivity contribution in [2.24, 2.45) is 0 Å². The van der Waals surface area contributed by atoms with Crippen molar-refractivity contribution in [2.45, 2.75) is 93.9 Å². The van der Waals surface area contributed by atoms with Crippen LogP contribution < -0.4 is 0 Å². The fourth-order valence-electron chi connectivity index (χ4n) is 3.42. The van der Waals surface area contributed by atoms with Crippen LogP contribution in [-0.2, 0) is 26.2 Å². The Morgan fingerprint density at radius 3 is 0.946 bits per heavy atom. The summed E-state index contributed by atoms with van der Waals surface area (Å²) in [6.45, 7) is 21.4. The van der Waals surface area contributed by atoms with Crippen LogP contribution in [0.4, 0.5) is 0 Å². The largest absolute Gasteiger partial charge is 2.00 e. The van der Waals surface area contributed by atoms with Gasteiger partial charge in [0.25, 0.3) is 0 Å². The fourth-order valence-corrected chi connectivity index (χ4v) is 3.42. The predicted molar refractivity (Wildman–Crippen MR) is 155 cm³/mol. The number of hydrogen-bond donors (Lipinski definition) is 2. The first-order valence-electron chi connectivity index (χ1n) is 12.9. The van der Waals surface area contributed by atoms with Crippen molar-refractivity contribution in [3.8, 4) is 11.5 Å². The average Bonchev–Trinajstić information content (AvgIpc) is 3.30. The van der Waals surface area contributed by atoms with E-state index >= 15 is 0 Å². The summed E-state index contributed by atoms with van der Waals surface area (Å²) < 4.78 is 0. The van der Waals surface area contributed by atoms with E-state index in [-0.39, 0.29) is 26.2 Å². The van der Waals surface area contributed by atoms with E-state index in [4.69, 9.17) is 10.2 Å². The van der Waals surface area contributed by atoms with E-state index < -0.39 is 0 Å². The maximum atomic E-state index is 8.94. The number of rotatable bonds is 2. The van der Waals surface area contributed by atoms with Crippen molar-refractivity contribution in [3.05, 3.63) is 105 Å². The molecule has 0 fully saturated rings. The molecule has 2 N–H and O–H groups in total. The maximum absolute atomic E-state index is 8.94. The minimum Gasteiger partial charge on any atom is -0.508 e. The van der Waals surface area contributed by atoms with Crippen LogP contribution in [0, 0.1) is 12.2 Å². The van der Waals surface area contributed by atoms with Crippen LogP contribution in [0.25, 0.3) is 0 Å². The Kier molecular flexibility index (Phi) is 16.4. The van der Waals surface area contributed by atoms with Crippen LogP contribution in [0.3, 0.4) is 0 Å². The summed E-state index contributed by atoms with van der Waals surface area (Å²) in [5.41, 5.74) is 11.0. The molecule has 0 amide bonds. The van der Waals surface area contributed by atoms with Gasteiger partial charge in [0.15, 0.2) is 0 Å². The van der Waals surface area contributed by atoms with E-state index in [0.717, 1.165) is 12.8 Å². The molecular weight excluding hydrogens is 532 g/mol. The van der Waals surface area contributed by atoms with Gasteiger partial charge in [-0.3, -0.25) is 12.2 Å². The monoisotopic (exact) mass is 576 g/mol. The molecule has 0 aromatic heterocycles. The van der Waals surface area contributed by atoms with Crippen molar-refractivity contribution in [3.63, 3.8) is 0 Å². The second-order valence-electron chi connectivity index (χ2n) is 10.3. The molecule has 198 valence electrons. The van der Waals surface area contributed by atoms with Crippen molar-refractivity contribution >= 4 is 0 Å². The summed E-state index contributed by atoms with van der Waals surface area (Å²) in [5, 5.41) is 17.9. The second kappa shape index (κ2) is 17.4. The molecule has 0 saturated heterocycles. The molecule has 0 unspecified atom stereocenters. The third-order valence-electron chi connectivity index (χ3n) is 6.76. The van der Waals surface area contributed by atoms with Crippen molar-refractivity contribution < 1.29 is 36.4 Å². The smallest absolute Gasteiger partial charge is 0.508 e. The molecule has 2 aromatic rings. The third kappa shape index (κ3) is 12.8. The summed E-state index contributed by atoms with van der Waals surface area (Å²) in [5.74, 6) is 1.76. The quantitative estimate of drug-likeness (QED) is 0.349. The van der Waals surface area contributed by atoms with E-state index in [2.05, 4.69) is 81.4 Å². The molecule has 0 atom stereocenters. The zero-order valence-electron chi connectivity index (χ0n) is 24.6. The minimum absolute atomic E-state index is 0. The summed E-state index contributed by atoms with van der Waals surface area (Å²) in [7, 11) is 0. The van der Waals surface area contributed by atoms with Crippen LogP contribution in [0.1, 0.15) is 105 Å². The first-order chi connectivity index (χ1) is 16.8. The minimum atomic E-state index is 0. The molecule has 0 bridgehead atoms. The van der Waals surface area contributed by atoms with E-state index in [1.165, 1.54) is 44.6 Å². The molecule has 4 rings (SSSR count). The Morgan fingerprint density at radius 2 is 0.811 bits per heavy atom. The molecule has 2 aliphatic carbocycles. The van der Waals surface area contributed by atoms with Gasteiger partial charge in [-0.05, 0) is 47.2 Å². The Labute approximate surface area is 246 Å². The Balaban J connectivity index is 0.000000465. The van der Waals surface area contributed by atoms with Gasteiger partial charge in [-0.1, -0.05) is 79.7 Å². The molecule has 37 heavy (non-hydrogen) atoms. The number of aromatic hydroxyl groups is 2. The van der Waals surface area contributed by atoms with Crippen LogP contribution in [0.5, 0.6) is 11.5 Å². The summed E-state index contributed by atoms with van der Waals surface area (Å²) >= 11 is 0. The van der Waals surface area contributed by atoms with Gasteiger partial charge < -0.3 is 10.2 Å². The van der Waals surface area contributed by atoms with Gasteiger partial charge >= 0.3 is 26.2 Å². The van der Waals surface area contributed by atoms with Crippen molar-refractivity contribution in [1.82, 2.24) is 0 Å². The molecule has 3 heteroatoms. The van der Waals surface area contributed by atoms with Gasteiger partial charge in [0.2, 0.25) is 0 Å². The zero-order valence-corrected chi connectivity index (χ0v) is 27.0. The fraction of sp³-hybridized carbons (Fsp3) is 0.412. The Hall–Kier alpha value is -2.12. The topological polar surface area (TPSA) is 40.5 Å². The Bertz CT molecular complexity index is 979. The van der Waals surface area contributed by atoms with Crippen LogP contribution in [0.2, 0.25) is 0 Å². The first-order valence-corrected chi connectivity index (χ1v) is 12.9. The number of phenolic OH excluding ortho intramolecular Hbond substituents is 2. The molecule has 2 aromatic carbocycles. The van der Waals surface area contributed by atoms with Gasteiger partial charge in [-0.25, -0.2) is 11.1 Å². The van der Waals surface area contributed by atoms with Crippen molar-refractivity contribution in [1.29, 1.82) is 0 Å². The summed E-state index contributed by atoms with van der Waals surface area (Å²) in [6, 6.07) is 14.6. The van der Waals surface area contributed by atoms with E-state index in [1.54, 1.807) is 24.3 Å². The van der Waals surface area contributed by atoms with Crippen LogP contribution in [-0.4, -0.2) is 10.2 Å². The van der Waals surface area contributed by atoms with E-state index in [9.17, 15) is 0 Å². The molecule has 2 nitrogen and oxygen atoms in total. The predicted octanol–water partition coefficient (Wildman–Crippen LogP) is 9.98. The molecule has 0 spiro atoms. The van der Waals surface area contributed by atoms with E-state index in [0.29, 0.717) is 23.3 Å². The molecule has 0 heterocycles. The summed E-state index contributed by atoms with van der Waals surface area (Å²) in [4.78, 5) is 0. The van der Waals surface area contributed by atoms with Crippen molar-refractivity contribution in [2.75, 3.05) is 0 Å². The number of allylic oxidation sites excluding steroid dienone is 8. The normalized spacial score (nSPS) is 14.1. The van der Waals surface area contributed by atoms with Gasteiger partial charge in [0.05, 0.1) is 0 Å². The van der Waals surface area contributed by atoms with Gasteiger partial charge in [-0.2, -0.15) is 22.3 Å². The van der Waals surface area contributed by atoms with Gasteiger partial charge in [0, 0.05) is 0 Å². The van der Waals surface area contributed by atoms with Crippen LogP contribution in [0.15, 0.2) is 82.0 Å². The number of hydrogen-bond acceptors (Lipinski definition) is 2. The second-order valence-corrected chi connectivity index (χ2v) is 10.3. The Morgan fingerprint density at radius 1 is 0.541 bits per heavy atom. The SMILES string of the molecule is CC(C)c1ccc(O)cc1.CC(C)c1ccc(O)cc1.CC1=[C-]CC(C)=C1C.CC1=[C-]CC(C)=C1C.[Zr+2]. The van der Waals surface area contributed by atoms with Gasteiger partial charge in [-0.15, -0.1) is 26.7 Å². The average molecular weight is 578 g/mol. The van der Waals surface area contributed by atoms with E-state index in [1.807, 2.05) is 24.3 Å². The molecule has 0 radical (unpaired) electrons. The third-order valence-corrected chi connectivity index (χ3v) is 6.76. The zero-order chi connectivity index (χ0) is 27.4. The number of phenols is 2. The molecular formula is C34H46O2Zr. The maximum Gasteiger partial charge on any atom is 2.00 e. The summed E-state index contributed by atoms with van der Waals surface area (Å²) in [6.07, 6.45) is 8.63. The molecule has 0 saturated carbocycles. The first kappa shape index (κ1) is 34.9. The molecule has 2 aliphatic rings. The van der Waals surface area contributed by atoms with Crippen LogP contribution >= 0.6 is 0 Å². The standard InChI is InChI=1S/2C9H12O.2C8H11.Zr/c2*1-7(2)8-3-5-9(10)6-4-8;2*1-6-4-5-7(2)8(6)3;/h2*3-7,10H,1-2H3;2*4H2,1-3H3;/q;;2*-1;+2.